The Kier molecular flexibility index (Phi) is 6.79. The second-order valence-corrected chi connectivity index (χ2v) is 6.53. The number of ether oxygens (including phenoxy) is 1. The molecule has 0 radical (unpaired) electrons. The lowest BCUT2D eigenvalue weighted by atomic mass is 9.85. The molecule has 24 heavy (non-hydrogen) atoms. The van der Waals surface area contributed by atoms with Crippen molar-refractivity contribution in [3.8, 4) is 0 Å². The Balaban J connectivity index is 1.82. The molecule has 1 saturated carbocycles. The molecule has 5 heteroatoms. The van der Waals surface area contributed by atoms with Gasteiger partial charge in [0.05, 0.1) is 18.4 Å². The first-order valence-electron chi connectivity index (χ1n) is 8.80. The van der Waals surface area contributed by atoms with Gasteiger partial charge in [0.25, 0.3) is 0 Å². The molecule has 1 aromatic rings. The average molecular weight is 332 g/mol. The lowest BCUT2D eigenvalue weighted by molar-refractivity contribution is -0.149. The third kappa shape index (κ3) is 4.81. The summed E-state index contributed by atoms with van der Waals surface area (Å²) in [6, 6.07) is 9.48. The van der Waals surface area contributed by atoms with Crippen molar-refractivity contribution >= 4 is 11.9 Å². The first kappa shape index (κ1) is 18.5. The highest BCUT2D eigenvalue weighted by atomic mass is 16.5. The minimum atomic E-state index is -0.318. The molecule has 1 aliphatic carbocycles. The number of esters is 1. The maximum Gasteiger partial charge on any atom is 0.308 e. The van der Waals surface area contributed by atoms with Gasteiger partial charge in [-0.15, -0.1) is 0 Å². The molecule has 0 heterocycles. The number of nitrogens with one attached hydrogen (secondary N) is 1. The summed E-state index contributed by atoms with van der Waals surface area (Å²) in [5, 5.41) is 3.09. The molecule has 1 fully saturated rings. The van der Waals surface area contributed by atoms with Crippen molar-refractivity contribution in [3.63, 3.8) is 0 Å². The molecule has 2 rings (SSSR count). The molecule has 0 aromatic heterocycles. The van der Waals surface area contributed by atoms with E-state index in [1.165, 1.54) is 0 Å². The standard InChI is InChI=1S/C19H28N2O3/c1-3-24-19(23)15-9-11-16(12-10-15)21-18(22)13(2)17(20)14-7-5-4-6-8-14/h4-8,13,15-17H,3,9-12,20H2,1-2H3,(H,21,22). The van der Waals surface area contributed by atoms with Gasteiger partial charge in [0.15, 0.2) is 0 Å². The highest BCUT2D eigenvalue weighted by Crippen LogP contribution is 2.26. The van der Waals surface area contributed by atoms with E-state index in [0.717, 1.165) is 31.2 Å². The van der Waals surface area contributed by atoms with Crippen LogP contribution in [0.4, 0.5) is 0 Å². The van der Waals surface area contributed by atoms with Gasteiger partial charge in [-0.2, -0.15) is 0 Å². The molecule has 1 amide bonds. The van der Waals surface area contributed by atoms with E-state index in [9.17, 15) is 9.59 Å². The monoisotopic (exact) mass is 332 g/mol. The number of carbonyl (C=O) groups excluding carboxylic acids is 2. The van der Waals surface area contributed by atoms with Crippen LogP contribution in [0.25, 0.3) is 0 Å². The quantitative estimate of drug-likeness (QED) is 0.785. The van der Waals surface area contributed by atoms with E-state index in [1.54, 1.807) is 0 Å². The summed E-state index contributed by atoms with van der Waals surface area (Å²) in [6.07, 6.45) is 3.15. The van der Waals surface area contributed by atoms with Gasteiger partial charge in [-0.05, 0) is 38.2 Å². The van der Waals surface area contributed by atoms with Gasteiger partial charge < -0.3 is 15.8 Å². The number of amides is 1. The summed E-state index contributed by atoms with van der Waals surface area (Å²) in [5.41, 5.74) is 7.18. The van der Waals surface area contributed by atoms with Gasteiger partial charge in [0, 0.05) is 12.1 Å². The maximum absolute atomic E-state index is 12.5. The van der Waals surface area contributed by atoms with Crippen molar-refractivity contribution in [3.05, 3.63) is 35.9 Å². The fraction of sp³-hybridized carbons (Fsp3) is 0.579. The van der Waals surface area contributed by atoms with Crippen molar-refractivity contribution in [2.75, 3.05) is 6.61 Å². The van der Waals surface area contributed by atoms with Crippen molar-refractivity contribution < 1.29 is 14.3 Å². The number of rotatable bonds is 6. The first-order valence-corrected chi connectivity index (χ1v) is 8.80. The predicted molar refractivity (Wildman–Crippen MR) is 93.1 cm³/mol. The Bertz CT molecular complexity index is 539. The average Bonchev–Trinajstić information content (AvgIpc) is 2.62. The van der Waals surface area contributed by atoms with E-state index in [2.05, 4.69) is 5.32 Å². The Morgan fingerprint density at radius 2 is 1.83 bits per heavy atom. The third-order valence-electron chi connectivity index (χ3n) is 4.83. The summed E-state index contributed by atoms with van der Waals surface area (Å²) in [7, 11) is 0. The Hall–Kier alpha value is -1.88. The van der Waals surface area contributed by atoms with Gasteiger partial charge in [-0.25, -0.2) is 0 Å². The Morgan fingerprint density at radius 1 is 1.21 bits per heavy atom. The fourth-order valence-electron chi connectivity index (χ4n) is 3.19. The van der Waals surface area contributed by atoms with Crippen molar-refractivity contribution in [2.45, 2.75) is 51.6 Å². The van der Waals surface area contributed by atoms with Gasteiger partial charge in [-0.3, -0.25) is 9.59 Å². The van der Waals surface area contributed by atoms with Crippen LogP contribution in [0.1, 0.15) is 51.1 Å². The van der Waals surface area contributed by atoms with Crippen molar-refractivity contribution in [2.24, 2.45) is 17.6 Å². The molecule has 132 valence electrons. The zero-order valence-electron chi connectivity index (χ0n) is 14.5. The molecule has 1 aromatic carbocycles. The van der Waals surface area contributed by atoms with E-state index in [-0.39, 0.29) is 35.8 Å². The number of nitrogens with two attached hydrogens (primary N) is 1. The number of carbonyl (C=O) groups is 2. The lowest BCUT2D eigenvalue weighted by Crippen LogP contribution is -2.43. The smallest absolute Gasteiger partial charge is 0.308 e. The molecule has 0 bridgehead atoms. The van der Waals surface area contributed by atoms with E-state index < -0.39 is 0 Å². The topological polar surface area (TPSA) is 81.4 Å². The van der Waals surface area contributed by atoms with Crippen LogP contribution in [0.3, 0.4) is 0 Å². The second-order valence-electron chi connectivity index (χ2n) is 6.53. The summed E-state index contributed by atoms with van der Waals surface area (Å²) in [4.78, 5) is 24.2. The minimum absolute atomic E-state index is 0.0223. The van der Waals surface area contributed by atoms with Crippen LogP contribution in [0.15, 0.2) is 30.3 Å². The molecular formula is C19H28N2O3. The molecule has 1 aliphatic rings. The van der Waals surface area contributed by atoms with E-state index in [4.69, 9.17) is 10.5 Å². The fourth-order valence-corrected chi connectivity index (χ4v) is 3.19. The van der Waals surface area contributed by atoms with Gasteiger partial charge in [0.2, 0.25) is 5.91 Å². The van der Waals surface area contributed by atoms with Crippen molar-refractivity contribution in [1.29, 1.82) is 0 Å². The Morgan fingerprint density at radius 3 is 2.42 bits per heavy atom. The van der Waals surface area contributed by atoms with Crippen molar-refractivity contribution in [1.82, 2.24) is 5.32 Å². The van der Waals surface area contributed by atoms with Crippen LogP contribution in [-0.4, -0.2) is 24.5 Å². The van der Waals surface area contributed by atoms with Crippen LogP contribution < -0.4 is 11.1 Å². The largest absolute Gasteiger partial charge is 0.466 e. The lowest BCUT2D eigenvalue weighted by Gasteiger charge is -2.29. The minimum Gasteiger partial charge on any atom is -0.466 e. The maximum atomic E-state index is 12.5. The summed E-state index contributed by atoms with van der Waals surface area (Å²) in [6.45, 7) is 4.10. The normalized spacial score (nSPS) is 23.1. The molecule has 3 N–H and O–H groups in total. The molecule has 0 aliphatic heterocycles. The highest BCUT2D eigenvalue weighted by molar-refractivity contribution is 5.79. The number of hydrogen-bond donors (Lipinski definition) is 2. The Labute approximate surface area is 143 Å². The molecule has 0 saturated heterocycles. The number of benzene rings is 1. The first-order chi connectivity index (χ1) is 11.5. The van der Waals surface area contributed by atoms with E-state index in [1.807, 2.05) is 44.2 Å². The molecule has 2 unspecified atom stereocenters. The van der Waals surface area contributed by atoms with Crippen LogP contribution in [0, 0.1) is 11.8 Å². The number of hydrogen-bond acceptors (Lipinski definition) is 4. The zero-order chi connectivity index (χ0) is 17.5. The zero-order valence-corrected chi connectivity index (χ0v) is 14.5. The van der Waals surface area contributed by atoms with Gasteiger partial charge in [-0.1, -0.05) is 37.3 Å². The molecule has 0 spiro atoms. The van der Waals surface area contributed by atoms with Gasteiger partial charge in [0.1, 0.15) is 0 Å². The van der Waals surface area contributed by atoms with E-state index >= 15 is 0 Å². The third-order valence-corrected chi connectivity index (χ3v) is 4.83. The molecular weight excluding hydrogens is 304 g/mol. The van der Waals surface area contributed by atoms with E-state index in [0.29, 0.717) is 6.61 Å². The van der Waals surface area contributed by atoms with Crippen LogP contribution >= 0.6 is 0 Å². The molecule has 5 nitrogen and oxygen atoms in total. The van der Waals surface area contributed by atoms with Crippen LogP contribution in [0.2, 0.25) is 0 Å². The molecule has 2 atom stereocenters. The second kappa shape index (κ2) is 8.83. The van der Waals surface area contributed by atoms with Crippen LogP contribution in [0.5, 0.6) is 0 Å². The summed E-state index contributed by atoms with van der Waals surface area (Å²) in [5.74, 6) is -0.454. The summed E-state index contributed by atoms with van der Waals surface area (Å²) >= 11 is 0. The van der Waals surface area contributed by atoms with Gasteiger partial charge >= 0.3 is 5.97 Å². The summed E-state index contributed by atoms with van der Waals surface area (Å²) < 4.78 is 5.07. The SMILES string of the molecule is CCOC(=O)C1CCC(NC(=O)C(C)C(N)c2ccccc2)CC1. The van der Waals surface area contributed by atoms with Crippen LogP contribution in [-0.2, 0) is 14.3 Å². The highest BCUT2D eigenvalue weighted by Gasteiger charge is 2.30. The predicted octanol–water partition coefficient (Wildman–Crippen LogP) is 2.56.